The van der Waals surface area contributed by atoms with Gasteiger partial charge in [0.2, 0.25) is 0 Å². The van der Waals surface area contributed by atoms with Crippen LogP contribution >= 0.6 is 22.6 Å². The number of halogens is 1. The molecule has 0 aliphatic rings. The minimum absolute atomic E-state index is 0.256. The quantitative estimate of drug-likeness (QED) is 0.635. The van der Waals surface area contributed by atoms with Crippen LogP contribution in [0.4, 0.5) is 0 Å². The summed E-state index contributed by atoms with van der Waals surface area (Å²) < 4.78 is 7.35. The molecule has 0 aliphatic heterocycles. The van der Waals surface area contributed by atoms with E-state index in [4.69, 9.17) is 4.74 Å². The molecule has 0 spiro atoms. The predicted molar refractivity (Wildman–Crippen MR) is 61.3 cm³/mol. The number of hydrogen-bond donors (Lipinski definition) is 0. The highest BCUT2D eigenvalue weighted by molar-refractivity contribution is 14.1. The lowest BCUT2D eigenvalue weighted by Crippen LogP contribution is -2.05. The van der Waals surface area contributed by atoms with Gasteiger partial charge in [0.15, 0.2) is 0 Å². The molecule has 0 fully saturated rings. The van der Waals surface area contributed by atoms with Crippen molar-refractivity contribution in [3.05, 3.63) is 15.5 Å². The van der Waals surface area contributed by atoms with Crippen LogP contribution in [0.25, 0.3) is 0 Å². The Morgan fingerprint density at radius 2 is 2.36 bits per heavy atom. The van der Waals surface area contributed by atoms with Crippen LogP contribution in [0.2, 0.25) is 0 Å². The topological polar surface area (TPSA) is 44.1 Å². The van der Waals surface area contributed by atoms with E-state index < -0.39 is 0 Å². The molecule has 0 N–H and O–H groups in total. The molecule has 0 saturated carbocycles. The maximum atomic E-state index is 11.4. The maximum Gasteiger partial charge on any atom is 0.342 e. The summed E-state index contributed by atoms with van der Waals surface area (Å²) in [7, 11) is 0. The lowest BCUT2D eigenvalue weighted by atomic mass is 10.3. The Bertz CT molecular complexity index is 334. The first-order chi connectivity index (χ1) is 6.56. The normalized spacial score (nSPS) is 10.6. The van der Waals surface area contributed by atoms with E-state index >= 15 is 0 Å². The Morgan fingerprint density at radius 3 is 2.79 bits per heavy atom. The SMILES string of the molecule is CCOC(=O)c1cn(C(C)C)nc1I. The van der Waals surface area contributed by atoms with Crippen molar-refractivity contribution in [2.75, 3.05) is 6.61 Å². The summed E-state index contributed by atoms with van der Waals surface area (Å²) in [5, 5.41) is 4.22. The molecule has 0 unspecified atom stereocenters. The van der Waals surface area contributed by atoms with E-state index in [0.717, 1.165) is 0 Å². The third-order valence-electron chi connectivity index (χ3n) is 1.71. The first-order valence-electron chi connectivity index (χ1n) is 4.48. The van der Waals surface area contributed by atoms with Gasteiger partial charge in [0.1, 0.15) is 9.26 Å². The van der Waals surface area contributed by atoms with Crippen LogP contribution in [0.5, 0.6) is 0 Å². The van der Waals surface area contributed by atoms with Crippen LogP contribution in [-0.4, -0.2) is 22.4 Å². The molecule has 0 saturated heterocycles. The minimum Gasteiger partial charge on any atom is -0.462 e. The average molecular weight is 308 g/mol. The molecular formula is C9H13IN2O2. The lowest BCUT2D eigenvalue weighted by Gasteiger charge is -2.02. The van der Waals surface area contributed by atoms with Crippen LogP contribution in [0.1, 0.15) is 37.2 Å². The van der Waals surface area contributed by atoms with E-state index in [2.05, 4.69) is 5.10 Å². The van der Waals surface area contributed by atoms with Gasteiger partial charge in [-0.05, 0) is 43.4 Å². The van der Waals surface area contributed by atoms with Gasteiger partial charge < -0.3 is 4.74 Å². The molecule has 5 heteroatoms. The van der Waals surface area contributed by atoms with Gasteiger partial charge in [-0.3, -0.25) is 4.68 Å². The number of carbonyl (C=O) groups is 1. The highest BCUT2D eigenvalue weighted by Gasteiger charge is 2.16. The molecule has 0 amide bonds. The summed E-state index contributed by atoms with van der Waals surface area (Å²) in [5.74, 6) is -0.302. The van der Waals surface area contributed by atoms with Crippen molar-refractivity contribution in [3.8, 4) is 0 Å². The number of rotatable bonds is 3. The van der Waals surface area contributed by atoms with Gasteiger partial charge in [-0.15, -0.1) is 0 Å². The molecule has 0 aliphatic carbocycles. The van der Waals surface area contributed by atoms with E-state index in [-0.39, 0.29) is 12.0 Å². The number of aromatic nitrogens is 2. The van der Waals surface area contributed by atoms with E-state index in [1.54, 1.807) is 17.8 Å². The summed E-state index contributed by atoms with van der Waals surface area (Å²) in [4.78, 5) is 11.4. The number of hydrogen-bond acceptors (Lipinski definition) is 3. The Labute approximate surface area is 96.8 Å². The van der Waals surface area contributed by atoms with Gasteiger partial charge in [0, 0.05) is 12.2 Å². The molecule has 0 radical (unpaired) electrons. The molecule has 0 aromatic carbocycles. The fourth-order valence-corrected chi connectivity index (χ4v) is 1.59. The zero-order valence-corrected chi connectivity index (χ0v) is 10.6. The molecule has 1 aromatic heterocycles. The molecule has 14 heavy (non-hydrogen) atoms. The first kappa shape index (κ1) is 11.5. The van der Waals surface area contributed by atoms with Crippen LogP contribution in [-0.2, 0) is 4.74 Å². The van der Waals surface area contributed by atoms with Gasteiger partial charge >= 0.3 is 5.97 Å². The van der Waals surface area contributed by atoms with Crippen LogP contribution in [0.15, 0.2) is 6.20 Å². The van der Waals surface area contributed by atoms with Crippen molar-refractivity contribution < 1.29 is 9.53 Å². The Morgan fingerprint density at radius 1 is 1.71 bits per heavy atom. The maximum absolute atomic E-state index is 11.4. The van der Waals surface area contributed by atoms with Crippen molar-refractivity contribution in [2.45, 2.75) is 26.8 Å². The summed E-state index contributed by atoms with van der Waals surface area (Å²) in [6.45, 7) is 6.20. The second-order valence-electron chi connectivity index (χ2n) is 3.13. The second-order valence-corrected chi connectivity index (χ2v) is 4.15. The Kier molecular flexibility index (Phi) is 3.91. The number of nitrogens with zero attached hydrogens (tertiary/aromatic N) is 2. The number of ether oxygens (including phenoxy) is 1. The summed E-state index contributed by atoms with van der Waals surface area (Å²) in [6, 6.07) is 0.256. The van der Waals surface area contributed by atoms with E-state index in [1.165, 1.54) is 0 Å². The molecule has 78 valence electrons. The molecule has 0 atom stereocenters. The number of carbonyl (C=O) groups excluding carboxylic acids is 1. The van der Waals surface area contributed by atoms with Crippen molar-refractivity contribution in [2.24, 2.45) is 0 Å². The smallest absolute Gasteiger partial charge is 0.342 e. The van der Waals surface area contributed by atoms with Gasteiger partial charge in [0.25, 0.3) is 0 Å². The van der Waals surface area contributed by atoms with Crippen molar-refractivity contribution in [1.82, 2.24) is 9.78 Å². The largest absolute Gasteiger partial charge is 0.462 e. The highest BCUT2D eigenvalue weighted by atomic mass is 127. The third kappa shape index (κ3) is 2.46. The van der Waals surface area contributed by atoms with Crippen LogP contribution in [0.3, 0.4) is 0 Å². The third-order valence-corrected chi connectivity index (χ3v) is 2.51. The van der Waals surface area contributed by atoms with E-state index in [9.17, 15) is 4.79 Å². The summed E-state index contributed by atoms with van der Waals surface area (Å²) in [6.07, 6.45) is 1.73. The van der Waals surface area contributed by atoms with Gasteiger partial charge in [-0.1, -0.05) is 0 Å². The van der Waals surface area contributed by atoms with E-state index in [0.29, 0.717) is 15.9 Å². The van der Waals surface area contributed by atoms with E-state index in [1.807, 2.05) is 36.4 Å². The summed E-state index contributed by atoms with van der Waals surface area (Å²) in [5.41, 5.74) is 0.543. The van der Waals surface area contributed by atoms with Crippen molar-refractivity contribution in [1.29, 1.82) is 0 Å². The number of esters is 1. The highest BCUT2D eigenvalue weighted by Crippen LogP contribution is 2.14. The van der Waals surface area contributed by atoms with Gasteiger partial charge in [-0.2, -0.15) is 5.10 Å². The Hall–Kier alpha value is -0.590. The van der Waals surface area contributed by atoms with Gasteiger partial charge in [0.05, 0.1) is 6.61 Å². The average Bonchev–Trinajstić information content (AvgIpc) is 2.48. The molecule has 1 aromatic rings. The molecule has 4 nitrogen and oxygen atoms in total. The lowest BCUT2D eigenvalue weighted by molar-refractivity contribution is 0.0525. The zero-order chi connectivity index (χ0) is 10.7. The van der Waals surface area contributed by atoms with Crippen molar-refractivity contribution >= 4 is 28.6 Å². The van der Waals surface area contributed by atoms with Crippen molar-refractivity contribution in [3.63, 3.8) is 0 Å². The molecule has 1 rings (SSSR count). The van der Waals surface area contributed by atoms with Crippen LogP contribution < -0.4 is 0 Å². The monoisotopic (exact) mass is 308 g/mol. The van der Waals surface area contributed by atoms with Gasteiger partial charge in [-0.25, -0.2) is 4.79 Å². The predicted octanol–water partition coefficient (Wildman–Crippen LogP) is 2.25. The van der Waals surface area contributed by atoms with Crippen LogP contribution in [0, 0.1) is 3.70 Å². The standard InChI is InChI=1S/C9H13IN2O2/c1-4-14-9(13)7-5-12(6(2)3)11-8(7)10/h5-6H,4H2,1-3H3. The minimum atomic E-state index is -0.302. The summed E-state index contributed by atoms with van der Waals surface area (Å²) >= 11 is 2.04. The fraction of sp³-hybridized carbons (Fsp3) is 0.556. The second kappa shape index (κ2) is 4.77. The molecular weight excluding hydrogens is 295 g/mol. The molecule has 1 heterocycles. The first-order valence-corrected chi connectivity index (χ1v) is 5.56. The molecule has 0 bridgehead atoms. The zero-order valence-electron chi connectivity index (χ0n) is 8.45. The Balaban J connectivity index is 2.92. The fourth-order valence-electron chi connectivity index (χ4n) is 0.980.